The molecular weight excluding hydrogens is 560 g/mol. The summed E-state index contributed by atoms with van der Waals surface area (Å²) in [5, 5.41) is 2.88. The Labute approximate surface area is 259 Å². The average molecular weight is 607 g/mol. The highest BCUT2D eigenvalue weighted by Crippen LogP contribution is 2.55. The highest BCUT2D eigenvalue weighted by Gasteiger charge is 2.51. The Morgan fingerprint density at radius 3 is 2.52 bits per heavy atom. The molecule has 1 saturated heterocycles. The van der Waals surface area contributed by atoms with Crippen molar-refractivity contribution in [2.75, 3.05) is 13.7 Å². The quantitative estimate of drug-likeness (QED) is 0.503. The molecule has 2 saturated carbocycles. The van der Waals surface area contributed by atoms with Crippen LogP contribution in [0.25, 0.3) is 11.0 Å². The van der Waals surface area contributed by atoms with Gasteiger partial charge in [0.2, 0.25) is 11.8 Å². The number of fused-ring (bicyclic) bond motifs is 5. The fourth-order valence-corrected chi connectivity index (χ4v) is 7.27. The third-order valence-electron chi connectivity index (χ3n) is 10.3. The summed E-state index contributed by atoms with van der Waals surface area (Å²) in [6.07, 6.45) is 6.51. The number of nitrogens with one attached hydrogen (secondary N) is 1. The smallest absolute Gasteiger partial charge is 0.408 e. The summed E-state index contributed by atoms with van der Waals surface area (Å²) >= 11 is 0. The number of aryl methyl sites for hydroxylation is 1. The number of ether oxygens (including phenoxy) is 3. The zero-order valence-corrected chi connectivity index (χ0v) is 26.9. The molecule has 1 spiro atoms. The van der Waals surface area contributed by atoms with Crippen molar-refractivity contribution in [3.63, 3.8) is 0 Å². The number of hydrogen-bond acceptors (Lipinski definition) is 8. The molecule has 6 atom stereocenters. The number of alkyl carbamates (subject to hydrolysis) is 1. The van der Waals surface area contributed by atoms with Crippen LogP contribution in [-0.4, -0.2) is 70.6 Å². The lowest BCUT2D eigenvalue weighted by Gasteiger charge is -2.35. The van der Waals surface area contributed by atoms with Crippen LogP contribution in [0.5, 0.6) is 11.6 Å². The van der Waals surface area contributed by atoms with Crippen molar-refractivity contribution >= 4 is 28.8 Å². The fraction of sp³-hybridized carbons (Fsp3) is 0.676. The summed E-state index contributed by atoms with van der Waals surface area (Å²) in [4.78, 5) is 52.0. The van der Waals surface area contributed by atoms with Crippen molar-refractivity contribution in [1.29, 1.82) is 0 Å². The lowest BCUT2D eigenvalue weighted by Crippen LogP contribution is -2.57. The summed E-state index contributed by atoms with van der Waals surface area (Å²) < 4.78 is 18.0. The molecule has 0 unspecified atom stereocenters. The maximum absolute atomic E-state index is 14.2. The molecule has 2 aromatic rings. The Bertz CT molecular complexity index is 1450. The largest absolute Gasteiger partial charge is 0.497 e. The van der Waals surface area contributed by atoms with Crippen LogP contribution in [0.15, 0.2) is 18.2 Å². The number of ketones is 1. The molecule has 1 N–H and O–H groups in total. The summed E-state index contributed by atoms with van der Waals surface area (Å²) in [5.41, 5.74) is 1.91. The first-order valence-corrected chi connectivity index (χ1v) is 16.2. The predicted octanol–water partition coefficient (Wildman–Crippen LogP) is 5.25. The van der Waals surface area contributed by atoms with Gasteiger partial charge < -0.3 is 24.4 Å². The van der Waals surface area contributed by atoms with Gasteiger partial charge in [0.1, 0.15) is 29.7 Å². The van der Waals surface area contributed by atoms with E-state index in [4.69, 9.17) is 24.2 Å². The number of Topliss-reactive ketones (excluding diaryl/α,β-unsaturated/α-hetero) is 1. The number of rotatable bonds is 3. The van der Waals surface area contributed by atoms with E-state index in [1.54, 1.807) is 12.0 Å². The van der Waals surface area contributed by atoms with Crippen molar-refractivity contribution < 1.29 is 28.6 Å². The van der Waals surface area contributed by atoms with Crippen LogP contribution < -0.4 is 14.8 Å². The van der Waals surface area contributed by atoms with Crippen LogP contribution in [0.1, 0.15) is 85.3 Å². The highest BCUT2D eigenvalue weighted by atomic mass is 16.6. The van der Waals surface area contributed by atoms with Gasteiger partial charge in [-0.2, -0.15) is 0 Å². The third-order valence-corrected chi connectivity index (χ3v) is 10.3. The van der Waals surface area contributed by atoms with E-state index in [2.05, 4.69) is 5.32 Å². The molecule has 2 aliphatic heterocycles. The molecular formula is C34H46N4O6. The standard InChI is InChI=1S/C34H46N4O6/c1-7-22-27-18-38(28(22)19(2)39)31(40)29(33(3,4)5)37-32(41)44-26-16-20(26)10-12-34(14-15-34)13-11-24-30(43-27)36-25-17-21(42-6)8-9-23(25)35-24/h8-9,17,20,22,26-29H,7,10-16,18H2,1-6H3,(H,37,41)/t20-,22-,26-,27+,28-,29-/m1/s1. The normalized spacial score (nSPS) is 30.3. The van der Waals surface area contributed by atoms with E-state index in [0.717, 1.165) is 43.3 Å². The molecule has 10 heteroatoms. The molecule has 3 heterocycles. The molecule has 3 fully saturated rings. The van der Waals surface area contributed by atoms with Gasteiger partial charge in [-0.25, -0.2) is 14.8 Å². The second kappa shape index (κ2) is 11.5. The SMILES string of the molecule is CC[C@@H]1[C@@H]2CN(C(=O)[C@H](C(C)(C)C)NC(=O)O[C@@H]3C[C@H]3CCC3(CCc4nc5ccc(OC)cc5nc4O2)CC3)[C@@H]1C(C)=O. The van der Waals surface area contributed by atoms with Gasteiger partial charge in [-0.1, -0.05) is 27.7 Å². The second-order valence-corrected chi connectivity index (χ2v) is 14.5. The van der Waals surface area contributed by atoms with Gasteiger partial charge in [-0.3, -0.25) is 9.59 Å². The predicted molar refractivity (Wildman–Crippen MR) is 164 cm³/mol. The van der Waals surface area contributed by atoms with Gasteiger partial charge in [0.25, 0.3) is 0 Å². The number of carbonyl (C=O) groups excluding carboxylic acids is 3. The Balaban J connectivity index is 1.40. The Hall–Kier alpha value is -3.43. The van der Waals surface area contributed by atoms with Crippen molar-refractivity contribution in [2.24, 2.45) is 22.7 Å². The average Bonchev–Trinajstić information content (AvgIpc) is 3.88. The number of aromatic nitrogens is 2. The van der Waals surface area contributed by atoms with Crippen molar-refractivity contribution in [2.45, 2.75) is 110 Å². The summed E-state index contributed by atoms with van der Waals surface area (Å²) in [6, 6.07) is 4.11. The van der Waals surface area contributed by atoms with Crippen LogP contribution in [0.4, 0.5) is 4.79 Å². The minimum Gasteiger partial charge on any atom is -0.497 e. The van der Waals surface area contributed by atoms with Gasteiger partial charge >= 0.3 is 6.09 Å². The maximum atomic E-state index is 14.2. The van der Waals surface area contributed by atoms with E-state index < -0.39 is 29.7 Å². The lowest BCUT2D eigenvalue weighted by molar-refractivity contribution is -0.141. The van der Waals surface area contributed by atoms with E-state index in [0.29, 0.717) is 29.5 Å². The van der Waals surface area contributed by atoms with Crippen LogP contribution in [0, 0.1) is 22.7 Å². The van der Waals surface area contributed by atoms with E-state index in [-0.39, 0.29) is 35.7 Å². The number of methoxy groups -OCH3 is 1. The zero-order valence-electron chi connectivity index (χ0n) is 26.9. The number of carbonyl (C=O) groups is 3. The summed E-state index contributed by atoms with van der Waals surface area (Å²) in [7, 11) is 1.62. The van der Waals surface area contributed by atoms with E-state index >= 15 is 0 Å². The van der Waals surface area contributed by atoms with Gasteiger partial charge in [-0.15, -0.1) is 0 Å². The van der Waals surface area contributed by atoms with Crippen LogP contribution in [0.2, 0.25) is 0 Å². The van der Waals surface area contributed by atoms with Crippen LogP contribution >= 0.6 is 0 Å². The first kappa shape index (κ1) is 30.6. The molecule has 2 bridgehead atoms. The van der Waals surface area contributed by atoms with Gasteiger partial charge in [0.05, 0.1) is 30.7 Å². The van der Waals surface area contributed by atoms with Gasteiger partial charge in [0, 0.05) is 12.0 Å². The fourth-order valence-electron chi connectivity index (χ4n) is 7.27. The molecule has 6 rings (SSSR count). The molecule has 4 aliphatic rings. The minimum absolute atomic E-state index is 0.108. The van der Waals surface area contributed by atoms with Crippen molar-refractivity contribution in [3.8, 4) is 11.6 Å². The minimum atomic E-state index is -0.873. The third kappa shape index (κ3) is 6.09. The molecule has 10 nitrogen and oxygen atoms in total. The van der Waals surface area contributed by atoms with Crippen molar-refractivity contribution in [1.82, 2.24) is 20.2 Å². The zero-order chi connectivity index (χ0) is 31.4. The van der Waals surface area contributed by atoms with Gasteiger partial charge in [-0.05, 0) is 87.2 Å². The first-order valence-electron chi connectivity index (χ1n) is 16.2. The first-order chi connectivity index (χ1) is 20.9. The molecule has 238 valence electrons. The topological polar surface area (TPSA) is 120 Å². The molecule has 2 amide bonds. The summed E-state index contributed by atoms with van der Waals surface area (Å²) in [6.45, 7) is 9.47. The number of hydrogen-bond donors (Lipinski definition) is 1. The highest BCUT2D eigenvalue weighted by molar-refractivity contribution is 5.92. The number of nitrogens with zero attached hydrogens (tertiary/aromatic N) is 3. The Morgan fingerprint density at radius 2 is 1.86 bits per heavy atom. The molecule has 44 heavy (non-hydrogen) atoms. The molecule has 1 aromatic heterocycles. The van der Waals surface area contributed by atoms with Crippen LogP contribution in [0.3, 0.4) is 0 Å². The van der Waals surface area contributed by atoms with E-state index in [9.17, 15) is 14.4 Å². The molecule has 0 radical (unpaired) electrons. The summed E-state index contributed by atoms with van der Waals surface area (Å²) in [5.74, 6) is 0.827. The van der Waals surface area contributed by atoms with Gasteiger partial charge in [0.15, 0.2) is 5.78 Å². The lowest BCUT2D eigenvalue weighted by atomic mass is 9.85. The number of benzene rings is 1. The molecule has 1 aromatic carbocycles. The molecule has 2 aliphatic carbocycles. The number of amides is 2. The Kier molecular flexibility index (Phi) is 7.99. The van der Waals surface area contributed by atoms with E-state index in [1.165, 1.54) is 19.8 Å². The van der Waals surface area contributed by atoms with Crippen molar-refractivity contribution in [3.05, 3.63) is 23.9 Å². The Morgan fingerprint density at radius 1 is 1.09 bits per heavy atom. The monoisotopic (exact) mass is 606 g/mol. The van der Waals surface area contributed by atoms with Crippen LogP contribution in [-0.2, 0) is 20.7 Å². The second-order valence-electron chi connectivity index (χ2n) is 14.5. The maximum Gasteiger partial charge on any atom is 0.408 e. The van der Waals surface area contributed by atoms with E-state index in [1.807, 2.05) is 45.9 Å².